The van der Waals surface area contributed by atoms with E-state index in [0.29, 0.717) is 28.5 Å². The summed E-state index contributed by atoms with van der Waals surface area (Å²) in [5.41, 5.74) is 3.95. The molecule has 3 amide bonds. The standard InChI is InChI=1S/C29H25N5O3/c1-17(2)34-28(36)23-13-12-20(14-24(23)29(34)37)27(35)33-22-11-7-10-21(15-22)32-26-16-25(30-18(3)31-26)19-8-5-4-6-9-19/h4-17H,1-3H3,(H,33,35)(H,30,31,32). The zero-order valence-electron chi connectivity index (χ0n) is 20.6. The number of anilines is 3. The number of amides is 3. The highest BCUT2D eigenvalue weighted by atomic mass is 16.2. The minimum Gasteiger partial charge on any atom is -0.340 e. The lowest BCUT2D eigenvalue weighted by Gasteiger charge is -2.17. The van der Waals surface area contributed by atoms with Crippen molar-refractivity contribution in [1.29, 1.82) is 0 Å². The van der Waals surface area contributed by atoms with E-state index in [1.165, 1.54) is 17.0 Å². The smallest absolute Gasteiger partial charge is 0.261 e. The summed E-state index contributed by atoms with van der Waals surface area (Å²) in [6, 6.07) is 23.3. The number of hydrogen-bond acceptors (Lipinski definition) is 6. The van der Waals surface area contributed by atoms with Crippen LogP contribution in [0.5, 0.6) is 0 Å². The SMILES string of the molecule is Cc1nc(Nc2cccc(NC(=O)c3ccc4c(c3)C(=O)N(C(C)C)C4=O)c2)cc(-c2ccccc2)n1. The number of carbonyl (C=O) groups is 3. The Morgan fingerprint density at radius 1 is 0.811 bits per heavy atom. The molecule has 0 radical (unpaired) electrons. The Kier molecular flexibility index (Phi) is 6.23. The molecule has 0 bridgehead atoms. The predicted molar refractivity (Wildman–Crippen MR) is 142 cm³/mol. The molecule has 0 atom stereocenters. The highest BCUT2D eigenvalue weighted by molar-refractivity contribution is 6.22. The van der Waals surface area contributed by atoms with Crippen molar-refractivity contribution in [2.45, 2.75) is 26.8 Å². The molecule has 0 fully saturated rings. The number of carbonyl (C=O) groups excluding carboxylic acids is 3. The quantitative estimate of drug-likeness (QED) is 0.348. The third-order valence-corrected chi connectivity index (χ3v) is 6.00. The van der Waals surface area contributed by atoms with Gasteiger partial charge in [0.2, 0.25) is 0 Å². The zero-order chi connectivity index (χ0) is 26.1. The number of nitrogens with zero attached hydrogens (tertiary/aromatic N) is 3. The van der Waals surface area contributed by atoms with E-state index in [4.69, 9.17) is 0 Å². The molecular weight excluding hydrogens is 466 g/mol. The van der Waals surface area contributed by atoms with Crippen molar-refractivity contribution in [2.24, 2.45) is 0 Å². The topological polar surface area (TPSA) is 104 Å². The molecular formula is C29H25N5O3. The summed E-state index contributed by atoms with van der Waals surface area (Å²) < 4.78 is 0. The van der Waals surface area contributed by atoms with Gasteiger partial charge < -0.3 is 10.6 Å². The van der Waals surface area contributed by atoms with E-state index < -0.39 is 0 Å². The van der Waals surface area contributed by atoms with Crippen LogP contribution in [-0.4, -0.2) is 38.6 Å². The van der Waals surface area contributed by atoms with E-state index in [1.54, 1.807) is 32.0 Å². The van der Waals surface area contributed by atoms with Crippen LogP contribution >= 0.6 is 0 Å². The molecule has 0 saturated heterocycles. The average Bonchev–Trinajstić information content (AvgIpc) is 3.13. The summed E-state index contributed by atoms with van der Waals surface area (Å²) >= 11 is 0. The lowest BCUT2D eigenvalue weighted by Crippen LogP contribution is -2.35. The van der Waals surface area contributed by atoms with Crippen LogP contribution in [0, 0.1) is 6.92 Å². The van der Waals surface area contributed by atoms with Crippen LogP contribution in [0.3, 0.4) is 0 Å². The second-order valence-corrected chi connectivity index (χ2v) is 9.05. The Morgan fingerprint density at radius 3 is 2.30 bits per heavy atom. The summed E-state index contributed by atoms with van der Waals surface area (Å²) in [6.07, 6.45) is 0. The van der Waals surface area contributed by atoms with Gasteiger partial charge in [-0.2, -0.15) is 0 Å². The summed E-state index contributed by atoms with van der Waals surface area (Å²) in [7, 11) is 0. The number of aryl methyl sites for hydroxylation is 1. The fraction of sp³-hybridized carbons (Fsp3) is 0.138. The van der Waals surface area contributed by atoms with Gasteiger partial charge in [0.05, 0.1) is 16.8 Å². The number of rotatable bonds is 6. The number of fused-ring (bicyclic) bond motifs is 1. The molecule has 2 heterocycles. The fourth-order valence-corrected chi connectivity index (χ4v) is 4.28. The molecule has 0 aliphatic carbocycles. The third kappa shape index (κ3) is 4.81. The second kappa shape index (κ2) is 9.66. The average molecular weight is 492 g/mol. The summed E-state index contributed by atoms with van der Waals surface area (Å²) in [6.45, 7) is 5.40. The minimum atomic E-state index is -0.383. The molecule has 5 rings (SSSR count). The van der Waals surface area contributed by atoms with Crippen molar-refractivity contribution >= 4 is 34.9 Å². The monoisotopic (exact) mass is 491 g/mol. The van der Waals surface area contributed by atoms with Crippen LogP contribution < -0.4 is 10.6 Å². The lowest BCUT2D eigenvalue weighted by molar-refractivity contribution is 0.0609. The highest BCUT2D eigenvalue weighted by Gasteiger charge is 2.37. The van der Waals surface area contributed by atoms with Crippen LogP contribution in [0.2, 0.25) is 0 Å². The Labute approximate surface area is 214 Å². The molecule has 8 nitrogen and oxygen atoms in total. The van der Waals surface area contributed by atoms with Crippen molar-refractivity contribution in [2.75, 3.05) is 10.6 Å². The van der Waals surface area contributed by atoms with Gasteiger partial charge >= 0.3 is 0 Å². The maximum absolute atomic E-state index is 13.0. The van der Waals surface area contributed by atoms with Gasteiger partial charge in [0.1, 0.15) is 11.6 Å². The molecule has 184 valence electrons. The van der Waals surface area contributed by atoms with E-state index in [9.17, 15) is 14.4 Å². The Bertz CT molecular complexity index is 1530. The van der Waals surface area contributed by atoms with Crippen molar-refractivity contribution in [3.63, 3.8) is 0 Å². The highest BCUT2D eigenvalue weighted by Crippen LogP contribution is 2.27. The van der Waals surface area contributed by atoms with Gasteiger partial charge in [0, 0.05) is 34.6 Å². The van der Waals surface area contributed by atoms with E-state index in [2.05, 4.69) is 20.6 Å². The molecule has 37 heavy (non-hydrogen) atoms. The first-order chi connectivity index (χ1) is 17.8. The molecule has 1 aliphatic heterocycles. The molecule has 0 spiro atoms. The largest absolute Gasteiger partial charge is 0.340 e. The van der Waals surface area contributed by atoms with Crippen LogP contribution in [0.4, 0.5) is 17.2 Å². The van der Waals surface area contributed by atoms with Crippen molar-refractivity contribution < 1.29 is 14.4 Å². The number of aromatic nitrogens is 2. The van der Waals surface area contributed by atoms with E-state index in [-0.39, 0.29) is 29.3 Å². The van der Waals surface area contributed by atoms with Crippen LogP contribution in [0.25, 0.3) is 11.3 Å². The Balaban J connectivity index is 1.34. The fourth-order valence-electron chi connectivity index (χ4n) is 4.28. The van der Waals surface area contributed by atoms with Gasteiger partial charge in [0.25, 0.3) is 17.7 Å². The van der Waals surface area contributed by atoms with Gasteiger partial charge in [-0.1, -0.05) is 36.4 Å². The van der Waals surface area contributed by atoms with Crippen molar-refractivity contribution in [1.82, 2.24) is 14.9 Å². The zero-order valence-corrected chi connectivity index (χ0v) is 20.6. The molecule has 4 aromatic rings. The normalized spacial score (nSPS) is 12.6. The van der Waals surface area contributed by atoms with Crippen LogP contribution in [-0.2, 0) is 0 Å². The first-order valence-corrected chi connectivity index (χ1v) is 11.9. The van der Waals surface area contributed by atoms with Crippen LogP contribution in [0.15, 0.2) is 78.9 Å². The van der Waals surface area contributed by atoms with E-state index >= 15 is 0 Å². The molecule has 1 aliphatic rings. The first-order valence-electron chi connectivity index (χ1n) is 11.9. The maximum Gasteiger partial charge on any atom is 0.261 e. The van der Waals surface area contributed by atoms with Gasteiger partial charge in [-0.15, -0.1) is 0 Å². The second-order valence-electron chi connectivity index (χ2n) is 9.05. The van der Waals surface area contributed by atoms with Crippen molar-refractivity contribution in [3.05, 3.63) is 101 Å². The third-order valence-electron chi connectivity index (χ3n) is 6.00. The molecule has 8 heteroatoms. The summed E-state index contributed by atoms with van der Waals surface area (Å²) in [4.78, 5) is 48.4. The number of benzene rings is 3. The molecule has 2 N–H and O–H groups in total. The Morgan fingerprint density at radius 2 is 1.54 bits per heavy atom. The van der Waals surface area contributed by atoms with Crippen LogP contribution in [0.1, 0.15) is 50.7 Å². The maximum atomic E-state index is 13.0. The molecule has 1 aromatic heterocycles. The lowest BCUT2D eigenvalue weighted by atomic mass is 10.1. The van der Waals surface area contributed by atoms with Gasteiger partial charge in [0.15, 0.2) is 0 Å². The van der Waals surface area contributed by atoms with Crippen molar-refractivity contribution in [3.8, 4) is 11.3 Å². The van der Waals surface area contributed by atoms with Gasteiger partial charge in [-0.3, -0.25) is 19.3 Å². The predicted octanol–water partition coefficient (Wildman–Crippen LogP) is 5.45. The molecule has 3 aromatic carbocycles. The van der Waals surface area contributed by atoms with Gasteiger partial charge in [-0.25, -0.2) is 9.97 Å². The summed E-state index contributed by atoms with van der Waals surface area (Å²) in [5, 5.41) is 6.14. The number of imide groups is 1. The summed E-state index contributed by atoms with van der Waals surface area (Å²) in [5.74, 6) is 0.162. The number of hydrogen-bond donors (Lipinski definition) is 2. The number of nitrogens with one attached hydrogen (secondary N) is 2. The first kappa shape index (κ1) is 23.9. The molecule has 0 saturated carbocycles. The molecule has 0 unspecified atom stereocenters. The van der Waals surface area contributed by atoms with E-state index in [1.807, 2.05) is 55.5 Å². The van der Waals surface area contributed by atoms with E-state index in [0.717, 1.165) is 16.9 Å². The van der Waals surface area contributed by atoms with Gasteiger partial charge in [-0.05, 0) is 57.2 Å². The Hall–Kier alpha value is -4.85. The minimum absolute atomic E-state index is 0.245.